The first-order chi connectivity index (χ1) is 10.2. The number of nitrogen functional groups attached to an aromatic ring is 1. The van der Waals surface area contributed by atoms with Gasteiger partial charge in [-0.2, -0.15) is 5.10 Å². The molecule has 1 aromatic heterocycles. The van der Waals surface area contributed by atoms with Gasteiger partial charge in [-0.05, 0) is 17.7 Å². The van der Waals surface area contributed by atoms with E-state index in [1.807, 2.05) is 54.6 Å². The van der Waals surface area contributed by atoms with E-state index in [1.54, 1.807) is 17.1 Å². The monoisotopic (exact) mass is 296 g/mol. The van der Waals surface area contributed by atoms with Crippen molar-refractivity contribution in [3.8, 4) is 11.3 Å². The first-order valence-corrected chi connectivity index (χ1v) is 6.80. The van der Waals surface area contributed by atoms with Gasteiger partial charge < -0.3 is 5.73 Å². The molecule has 0 spiro atoms. The van der Waals surface area contributed by atoms with Crippen molar-refractivity contribution in [3.63, 3.8) is 0 Å². The van der Waals surface area contributed by atoms with Crippen LogP contribution in [0.1, 0.15) is 5.56 Å². The Bertz CT molecular complexity index is 778. The van der Waals surface area contributed by atoms with Crippen LogP contribution in [0.5, 0.6) is 0 Å². The molecule has 2 aromatic carbocycles. The third kappa shape index (κ3) is 3.12. The maximum atomic E-state index is 5.94. The number of nitrogens with two attached hydrogens (primary N) is 1. The summed E-state index contributed by atoms with van der Waals surface area (Å²) < 4.78 is 1.54. The van der Waals surface area contributed by atoms with Crippen LogP contribution in [-0.2, 0) is 0 Å². The van der Waals surface area contributed by atoms with Crippen LogP contribution in [0.2, 0.25) is 5.02 Å². The molecule has 0 radical (unpaired) electrons. The summed E-state index contributed by atoms with van der Waals surface area (Å²) in [6.45, 7) is 0. The normalized spacial score (nSPS) is 11.1. The third-order valence-corrected chi connectivity index (χ3v) is 3.20. The van der Waals surface area contributed by atoms with Gasteiger partial charge in [0.05, 0.1) is 18.1 Å². The van der Waals surface area contributed by atoms with Crippen LogP contribution in [0.4, 0.5) is 5.95 Å². The van der Waals surface area contributed by atoms with Crippen molar-refractivity contribution in [1.29, 1.82) is 0 Å². The van der Waals surface area contributed by atoms with E-state index in [4.69, 9.17) is 17.3 Å². The highest BCUT2D eigenvalue weighted by Crippen LogP contribution is 2.19. The summed E-state index contributed by atoms with van der Waals surface area (Å²) in [5.74, 6) is 0.340. The molecule has 0 atom stereocenters. The van der Waals surface area contributed by atoms with Crippen molar-refractivity contribution in [1.82, 2.24) is 9.66 Å². The summed E-state index contributed by atoms with van der Waals surface area (Å²) in [7, 11) is 0. The van der Waals surface area contributed by atoms with E-state index < -0.39 is 0 Å². The molecule has 4 nitrogen and oxygen atoms in total. The number of aromatic nitrogens is 2. The smallest absolute Gasteiger partial charge is 0.221 e. The zero-order valence-corrected chi connectivity index (χ0v) is 11.9. The SMILES string of the molecule is Nc1nc(-c2ccccc2)cn1/N=C/c1cccc(Cl)c1. The van der Waals surface area contributed by atoms with Crippen LogP contribution in [0.25, 0.3) is 11.3 Å². The lowest BCUT2D eigenvalue weighted by Gasteiger charge is -1.96. The quantitative estimate of drug-likeness (QED) is 0.750. The number of anilines is 1. The summed E-state index contributed by atoms with van der Waals surface area (Å²) in [6.07, 6.45) is 3.49. The van der Waals surface area contributed by atoms with Gasteiger partial charge in [0, 0.05) is 10.6 Å². The molecule has 0 aliphatic heterocycles. The standard InChI is InChI=1S/C16H13ClN4/c17-14-8-4-5-12(9-14)10-19-21-11-15(20-16(21)18)13-6-2-1-3-7-13/h1-11H,(H2,18,20)/b19-10+. The molecule has 0 saturated carbocycles. The average Bonchev–Trinajstić information content (AvgIpc) is 2.87. The summed E-state index contributed by atoms with van der Waals surface area (Å²) >= 11 is 5.94. The van der Waals surface area contributed by atoms with Crippen molar-refractivity contribution in [3.05, 3.63) is 71.4 Å². The van der Waals surface area contributed by atoms with E-state index in [-0.39, 0.29) is 0 Å². The maximum absolute atomic E-state index is 5.94. The molecule has 3 aromatic rings. The zero-order chi connectivity index (χ0) is 14.7. The van der Waals surface area contributed by atoms with Crippen molar-refractivity contribution < 1.29 is 0 Å². The molecule has 104 valence electrons. The van der Waals surface area contributed by atoms with Crippen LogP contribution >= 0.6 is 11.6 Å². The number of rotatable bonds is 3. The molecule has 0 saturated heterocycles. The van der Waals surface area contributed by atoms with Gasteiger partial charge in [0.2, 0.25) is 5.95 Å². The fourth-order valence-corrected chi connectivity index (χ4v) is 2.14. The Labute approximate surface area is 127 Å². The van der Waals surface area contributed by atoms with E-state index in [9.17, 15) is 0 Å². The summed E-state index contributed by atoms with van der Waals surface area (Å²) in [5, 5.41) is 4.98. The van der Waals surface area contributed by atoms with Gasteiger partial charge in [-0.3, -0.25) is 0 Å². The minimum absolute atomic E-state index is 0.340. The van der Waals surface area contributed by atoms with Gasteiger partial charge in [-0.25, -0.2) is 9.66 Å². The molecule has 0 amide bonds. The number of benzene rings is 2. The minimum Gasteiger partial charge on any atom is -0.368 e. The van der Waals surface area contributed by atoms with Crippen LogP contribution in [0.15, 0.2) is 65.9 Å². The van der Waals surface area contributed by atoms with Crippen LogP contribution in [0.3, 0.4) is 0 Å². The second-order valence-corrected chi connectivity index (χ2v) is 4.93. The predicted octanol–water partition coefficient (Wildman–Crippen LogP) is 3.67. The summed E-state index contributed by atoms with van der Waals surface area (Å²) in [4.78, 5) is 4.31. The van der Waals surface area contributed by atoms with Gasteiger partial charge in [-0.15, -0.1) is 0 Å². The topological polar surface area (TPSA) is 56.2 Å². The highest BCUT2D eigenvalue weighted by molar-refractivity contribution is 6.30. The Morgan fingerprint density at radius 2 is 1.90 bits per heavy atom. The highest BCUT2D eigenvalue weighted by Gasteiger charge is 2.05. The van der Waals surface area contributed by atoms with E-state index in [1.165, 1.54) is 0 Å². The van der Waals surface area contributed by atoms with E-state index in [2.05, 4.69) is 10.1 Å². The van der Waals surface area contributed by atoms with Crippen molar-refractivity contribution >= 4 is 23.8 Å². The Kier molecular flexibility index (Phi) is 3.71. The van der Waals surface area contributed by atoms with Crippen LogP contribution in [0, 0.1) is 0 Å². The molecule has 0 fully saturated rings. The molecule has 0 bridgehead atoms. The zero-order valence-electron chi connectivity index (χ0n) is 11.1. The first kappa shape index (κ1) is 13.4. The van der Waals surface area contributed by atoms with Gasteiger partial charge in [0.1, 0.15) is 0 Å². The molecule has 1 heterocycles. The molecule has 2 N–H and O–H groups in total. The van der Waals surface area contributed by atoms with Gasteiger partial charge >= 0.3 is 0 Å². The van der Waals surface area contributed by atoms with Gasteiger partial charge in [0.25, 0.3) is 0 Å². The molecular weight excluding hydrogens is 284 g/mol. The Balaban J connectivity index is 1.88. The molecular formula is C16H13ClN4. The van der Waals surface area contributed by atoms with E-state index >= 15 is 0 Å². The Morgan fingerprint density at radius 1 is 1.10 bits per heavy atom. The maximum Gasteiger partial charge on any atom is 0.221 e. The fourth-order valence-electron chi connectivity index (χ4n) is 1.94. The second kappa shape index (κ2) is 5.81. The highest BCUT2D eigenvalue weighted by atomic mass is 35.5. The Morgan fingerprint density at radius 3 is 2.67 bits per heavy atom. The molecule has 0 aliphatic rings. The summed E-state index contributed by atoms with van der Waals surface area (Å²) in [5.41, 5.74) is 8.57. The molecule has 3 rings (SSSR count). The molecule has 0 unspecified atom stereocenters. The lowest BCUT2D eigenvalue weighted by Crippen LogP contribution is -1.96. The number of halogens is 1. The second-order valence-electron chi connectivity index (χ2n) is 4.49. The largest absolute Gasteiger partial charge is 0.368 e. The fraction of sp³-hybridized carbons (Fsp3) is 0. The predicted molar refractivity (Wildman–Crippen MR) is 86.5 cm³/mol. The van der Waals surface area contributed by atoms with Crippen LogP contribution < -0.4 is 5.73 Å². The minimum atomic E-state index is 0.340. The van der Waals surface area contributed by atoms with Crippen molar-refractivity contribution in [2.45, 2.75) is 0 Å². The van der Waals surface area contributed by atoms with E-state index in [0.29, 0.717) is 11.0 Å². The van der Waals surface area contributed by atoms with Crippen LogP contribution in [-0.4, -0.2) is 15.9 Å². The van der Waals surface area contributed by atoms with Gasteiger partial charge in [-0.1, -0.05) is 54.1 Å². The Hall–Kier alpha value is -2.59. The third-order valence-electron chi connectivity index (χ3n) is 2.96. The summed E-state index contributed by atoms with van der Waals surface area (Å²) in [6, 6.07) is 17.3. The van der Waals surface area contributed by atoms with E-state index in [0.717, 1.165) is 16.8 Å². The lowest BCUT2D eigenvalue weighted by molar-refractivity contribution is 0.898. The van der Waals surface area contributed by atoms with Crippen molar-refractivity contribution in [2.24, 2.45) is 5.10 Å². The first-order valence-electron chi connectivity index (χ1n) is 6.42. The van der Waals surface area contributed by atoms with Crippen molar-refractivity contribution in [2.75, 3.05) is 5.73 Å². The number of hydrogen-bond donors (Lipinski definition) is 1. The number of nitrogens with zero attached hydrogens (tertiary/aromatic N) is 3. The number of imidazole rings is 1. The molecule has 5 heteroatoms. The molecule has 0 aliphatic carbocycles. The average molecular weight is 297 g/mol. The molecule has 21 heavy (non-hydrogen) atoms. The van der Waals surface area contributed by atoms with Gasteiger partial charge in [0.15, 0.2) is 0 Å². The lowest BCUT2D eigenvalue weighted by atomic mass is 10.2. The number of hydrogen-bond acceptors (Lipinski definition) is 3.